The standard InChI is InChI=1S/C31H48O10/c1-8-25-21(5)29(41-30(36)39-25)24(34)16-18(2)10-9-11-19(3)28-20(4)12-13-26(38-22(6)32)31(7,37)15-14-23(33)17-27(35)40-28/h9-13,18,20-21,23-26,28-29,33-34,37H,8,14-17H2,1-7H3/b10-9+,13-12-,19-11+. The first-order valence-corrected chi connectivity index (χ1v) is 14.5. The molecule has 232 valence electrons. The molecule has 10 heteroatoms. The van der Waals surface area contributed by atoms with Gasteiger partial charge in [-0.1, -0.05) is 52.0 Å². The molecular formula is C31H48O10. The Hall–Kier alpha value is -2.69. The van der Waals surface area contributed by atoms with E-state index in [1.165, 1.54) is 13.8 Å². The minimum atomic E-state index is -1.44. The van der Waals surface area contributed by atoms with Crippen LogP contribution in [0.25, 0.3) is 0 Å². The van der Waals surface area contributed by atoms with E-state index in [0.717, 1.165) is 5.57 Å². The summed E-state index contributed by atoms with van der Waals surface area (Å²) in [5.41, 5.74) is -0.701. The van der Waals surface area contributed by atoms with E-state index in [0.29, 0.717) is 12.8 Å². The molecule has 0 aromatic carbocycles. The number of aliphatic hydroxyl groups is 3. The maximum atomic E-state index is 12.6. The monoisotopic (exact) mass is 580 g/mol. The topological polar surface area (TPSA) is 149 Å². The zero-order valence-electron chi connectivity index (χ0n) is 25.3. The molecule has 0 bridgehead atoms. The maximum Gasteiger partial charge on any atom is 0.508 e. The van der Waals surface area contributed by atoms with Gasteiger partial charge in [0, 0.05) is 18.8 Å². The summed E-state index contributed by atoms with van der Waals surface area (Å²) in [4.78, 5) is 36.1. The zero-order chi connectivity index (χ0) is 30.9. The number of cyclic esters (lactones) is 3. The first-order valence-electron chi connectivity index (χ1n) is 14.5. The molecular weight excluding hydrogens is 532 g/mol. The van der Waals surface area contributed by atoms with Crippen LogP contribution in [0.1, 0.15) is 80.6 Å². The number of allylic oxidation sites excluding steroid dienone is 3. The van der Waals surface area contributed by atoms with E-state index in [1.54, 1.807) is 12.2 Å². The van der Waals surface area contributed by atoms with Crippen LogP contribution in [0.4, 0.5) is 4.79 Å². The van der Waals surface area contributed by atoms with Crippen LogP contribution in [0.3, 0.4) is 0 Å². The molecule has 2 rings (SSSR count). The summed E-state index contributed by atoms with van der Waals surface area (Å²) in [7, 11) is 0. The second kappa shape index (κ2) is 15.5. The lowest BCUT2D eigenvalue weighted by molar-refractivity contribution is -0.157. The molecule has 10 unspecified atom stereocenters. The van der Waals surface area contributed by atoms with Crippen molar-refractivity contribution in [2.24, 2.45) is 17.8 Å². The van der Waals surface area contributed by atoms with Gasteiger partial charge in [-0.05, 0) is 57.1 Å². The lowest BCUT2D eigenvalue weighted by Gasteiger charge is -2.37. The summed E-state index contributed by atoms with van der Waals surface area (Å²) in [6, 6.07) is 0. The minimum absolute atomic E-state index is 0.0547. The fourth-order valence-corrected chi connectivity index (χ4v) is 5.29. The molecule has 1 saturated heterocycles. The van der Waals surface area contributed by atoms with Gasteiger partial charge in [-0.15, -0.1) is 0 Å². The molecule has 0 saturated carbocycles. The average Bonchev–Trinajstić information content (AvgIpc) is 2.88. The van der Waals surface area contributed by atoms with Crippen LogP contribution in [-0.4, -0.2) is 75.6 Å². The molecule has 2 aliphatic rings. The Morgan fingerprint density at radius 1 is 1.20 bits per heavy atom. The smallest absolute Gasteiger partial charge is 0.457 e. The Morgan fingerprint density at radius 2 is 1.88 bits per heavy atom. The van der Waals surface area contributed by atoms with E-state index in [2.05, 4.69) is 0 Å². The predicted octanol–water partition coefficient (Wildman–Crippen LogP) is 4.16. The largest absolute Gasteiger partial charge is 0.508 e. The van der Waals surface area contributed by atoms with Crippen molar-refractivity contribution in [3.05, 3.63) is 36.0 Å². The molecule has 1 fully saturated rings. The zero-order valence-corrected chi connectivity index (χ0v) is 25.3. The lowest BCUT2D eigenvalue weighted by atomic mass is 9.88. The molecule has 41 heavy (non-hydrogen) atoms. The third kappa shape index (κ3) is 10.6. The highest BCUT2D eigenvalue weighted by Crippen LogP contribution is 2.29. The van der Waals surface area contributed by atoms with Crippen LogP contribution in [0.5, 0.6) is 0 Å². The Morgan fingerprint density at radius 3 is 2.51 bits per heavy atom. The summed E-state index contributed by atoms with van der Waals surface area (Å²) in [5, 5.41) is 32.1. The van der Waals surface area contributed by atoms with Gasteiger partial charge in [-0.25, -0.2) is 4.79 Å². The maximum absolute atomic E-state index is 12.6. The van der Waals surface area contributed by atoms with Crippen LogP contribution in [0.15, 0.2) is 36.0 Å². The second-order valence-corrected chi connectivity index (χ2v) is 11.8. The van der Waals surface area contributed by atoms with Crippen LogP contribution in [0.2, 0.25) is 0 Å². The van der Waals surface area contributed by atoms with Crippen LogP contribution >= 0.6 is 0 Å². The SMILES string of the molecule is CCC1OC(=O)OC(C(O)CC(C)/C=C/C=C(\C)C2OC(=O)CC(O)CCC(C)(O)C(OC(C)=O)/C=C\C2C)C1C. The summed E-state index contributed by atoms with van der Waals surface area (Å²) >= 11 is 0. The van der Waals surface area contributed by atoms with Crippen molar-refractivity contribution in [2.45, 2.75) is 123 Å². The number of hydrogen-bond acceptors (Lipinski definition) is 10. The molecule has 3 N–H and O–H groups in total. The van der Waals surface area contributed by atoms with Crippen molar-refractivity contribution in [2.75, 3.05) is 0 Å². The van der Waals surface area contributed by atoms with E-state index in [4.69, 9.17) is 18.9 Å². The minimum Gasteiger partial charge on any atom is -0.457 e. The van der Waals surface area contributed by atoms with E-state index in [1.807, 2.05) is 52.8 Å². The summed E-state index contributed by atoms with van der Waals surface area (Å²) in [6.07, 6.45) is 4.72. The Balaban J connectivity index is 2.17. The number of carbonyl (C=O) groups excluding carboxylic acids is 3. The van der Waals surface area contributed by atoms with Gasteiger partial charge in [0.1, 0.15) is 30.0 Å². The summed E-state index contributed by atoms with van der Waals surface area (Å²) in [6.45, 7) is 12.2. The molecule has 0 amide bonds. The third-order valence-corrected chi connectivity index (χ3v) is 7.84. The molecule has 0 aromatic heterocycles. The predicted molar refractivity (Wildman–Crippen MR) is 152 cm³/mol. The van der Waals surface area contributed by atoms with Crippen LogP contribution in [-0.2, 0) is 28.5 Å². The van der Waals surface area contributed by atoms with E-state index in [9.17, 15) is 29.7 Å². The fourth-order valence-electron chi connectivity index (χ4n) is 5.29. The Kier molecular flexibility index (Phi) is 13.1. The quantitative estimate of drug-likeness (QED) is 0.165. The number of aliphatic hydroxyl groups excluding tert-OH is 2. The van der Waals surface area contributed by atoms with Crippen LogP contribution in [0, 0.1) is 17.8 Å². The van der Waals surface area contributed by atoms with Crippen molar-refractivity contribution in [1.29, 1.82) is 0 Å². The van der Waals surface area contributed by atoms with Gasteiger partial charge in [0.15, 0.2) is 0 Å². The highest BCUT2D eigenvalue weighted by molar-refractivity contribution is 5.70. The van der Waals surface area contributed by atoms with E-state index >= 15 is 0 Å². The number of esters is 2. The van der Waals surface area contributed by atoms with Gasteiger partial charge in [-0.2, -0.15) is 0 Å². The third-order valence-electron chi connectivity index (χ3n) is 7.84. The number of hydrogen-bond donors (Lipinski definition) is 3. The molecule has 0 aliphatic carbocycles. The number of ether oxygens (including phenoxy) is 4. The van der Waals surface area contributed by atoms with Crippen LogP contribution < -0.4 is 0 Å². The van der Waals surface area contributed by atoms with Gasteiger partial charge in [0.2, 0.25) is 0 Å². The fraction of sp³-hybridized carbons (Fsp3) is 0.710. The van der Waals surface area contributed by atoms with E-state index < -0.39 is 54.2 Å². The van der Waals surface area contributed by atoms with Crippen molar-refractivity contribution in [3.63, 3.8) is 0 Å². The number of carbonyl (C=O) groups is 3. The normalized spacial score (nSPS) is 36.1. The molecule has 0 radical (unpaired) electrons. The lowest BCUT2D eigenvalue weighted by Crippen LogP contribution is -2.48. The van der Waals surface area contributed by atoms with Crippen molar-refractivity contribution >= 4 is 18.1 Å². The summed E-state index contributed by atoms with van der Waals surface area (Å²) < 4.78 is 21.6. The van der Waals surface area contributed by atoms with Gasteiger partial charge in [0.25, 0.3) is 0 Å². The molecule has 0 spiro atoms. The van der Waals surface area contributed by atoms with Gasteiger partial charge >= 0.3 is 18.1 Å². The molecule has 10 nitrogen and oxygen atoms in total. The first-order chi connectivity index (χ1) is 19.1. The number of rotatable bonds is 8. The summed E-state index contributed by atoms with van der Waals surface area (Å²) in [5.74, 6) is -1.64. The first kappa shape index (κ1) is 34.5. The van der Waals surface area contributed by atoms with Crippen molar-refractivity contribution < 1.29 is 48.7 Å². The highest BCUT2D eigenvalue weighted by atomic mass is 16.7. The Bertz CT molecular complexity index is 983. The molecule has 0 aromatic rings. The average molecular weight is 581 g/mol. The highest BCUT2D eigenvalue weighted by Gasteiger charge is 2.40. The molecule has 10 atom stereocenters. The molecule has 2 heterocycles. The van der Waals surface area contributed by atoms with Gasteiger partial charge in [0.05, 0.1) is 18.6 Å². The van der Waals surface area contributed by atoms with Gasteiger partial charge < -0.3 is 34.3 Å². The van der Waals surface area contributed by atoms with Gasteiger partial charge in [-0.3, -0.25) is 9.59 Å². The van der Waals surface area contributed by atoms with E-state index in [-0.39, 0.29) is 43.1 Å². The Labute approximate surface area is 243 Å². The second-order valence-electron chi connectivity index (χ2n) is 11.8. The van der Waals surface area contributed by atoms with Crippen molar-refractivity contribution in [3.8, 4) is 0 Å². The molecule has 2 aliphatic heterocycles. The van der Waals surface area contributed by atoms with Crippen molar-refractivity contribution in [1.82, 2.24) is 0 Å².